The number of aliphatic carboxylic acids is 2. The molecule has 0 aromatic carbocycles. The van der Waals surface area contributed by atoms with E-state index in [0.717, 1.165) is 24.2 Å². The lowest BCUT2D eigenvalue weighted by atomic mass is 10.0. The molecule has 1 rings (SSSR count). The Kier molecular flexibility index (Phi) is 8.66. The summed E-state index contributed by atoms with van der Waals surface area (Å²) < 4.78 is 0. The number of amides is 1. The van der Waals surface area contributed by atoms with Crippen LogP contribution in [-0.4, -0.2) is 45.0 Å². The molecule has 1 amide bonds. The van der Waals surface area contributed by atoms with Gasteiger partial charge in [0.15, 0.2) is 0 Å². The average molecular weight is 327 g/mol. The summed E-state index contributed by atoms with van der Waals surface area (Å²) in [5.74, 6) is -2.57. The summed E-state index contributed by atoms with van der Waals surface area (Å²) in [5.41, 5.74) is 0. The maximum atomic E-state index is 11.9. The first-order valence-corrected chi connectivity index (χ1v) is 8.75. The van der Waals surface area contributed by atoms with Crippen molar-refractivity contribution in [2.75, 3.05) is 0 Å². The van der Waals surface area contributed by atoms with E-state index in [-0.39, 0.29) is 18.7 Å². The summed E-state index contributed by atoms with van der Waals surface area (Å²) >= 11 is 0. The van der Waals surface area contributed by atoms with Crippen molar-refractivity contribution in [3.63, 3.8) is 0 Å². The standard InChI is InChI=1S/C17H29NO5/c1-2-3-4-5-6-7-8-9-10-13(16(20)21)18-14(17(22)23)11-12-15(18)19/h13-14H,2-12H2,1H3,(H,20,21)(H,22,23). The van der Waals surface area contributed by atoms with Crippen LogP contribution < -0.4 is 0 Å². The molecule has 2 unspecified atom stereocenters. The molecule has 2 N–H and O–H groups in total. The Morgan fingerprint density at radius 3 is 2.17 bits per heavy atom. The molecule has 23 heavy (non-hydrogen) atoms. The summed E-state index contributed by atoms with van der Waals surface area (Å²) in [4.78, 5) is 35.6. The minimum absolute atomic E-state index is 0.123. The number of nitrogens with zero attached hydrogens (tertiary/aromatic N) is 1. The maximum absolute atomic E-state index is 11.9. The molecule has 1 saturated heterocycles. The Bertz CT molecular complexity index is 410. The quantitative estimate of drug-likeness (QED) is 0.537. The van der Waals surface area contributed by atoms with E-state index in [1.165, 1.54) is 25.7 Å². The van der Waals surface area contributed by atoms with E-state index < -0.39 is 24.0 Å². The molecule has 6 nitrogen and oxygen atoms in total. The lowest BCUT2D eigenvalue weighted by molar-refractivity contribution is -0.155. The van der Waals surface area contributed by atoms with Crippen LogP contribution in [0.4, 0.5) is 0 Å². The predicted molar refractivity (Wildman–Crippen MR) is 86.2 cm³/mol. The third-order valence-electron chi connectivity index (χ3n) is 4.49. The smallest absolute Gasteiger partial charge is 0.326 e. The van der Waals surface area contributed by atoms with Gasteiger partial charge in [-0.3, -0.25) is 4.79 Å². The molecule has 2 atom stereocenters. The molecule has 0 spiro atoms. The average Bonchev–Trinajstić information content (AvgIpc) is 2.87. The highest BCUT2D eigenvalue weighted by molar-refractivity contribution is 5.91. The van der Waals surface area contributed by atoms with E-state index in [2.05, 4.69) is 6.92 Å². The number of rotatable bonds is 12. The van der Waals surface area contributed by atoms with Crippen molar-refractivity contribution in [1.29, 1.82) is 0 Å². The second-order valence-corrected chi connectivity index (χ2v) is 6.31. The maximum Gasteiger partial charge on any atom is 0.326 e. The van der Waals surface area contributed by atoms with Crippen molar-refractivity contribution in [3.05, 3.63) is 0 Å². The number of hydrogen-bond acceptors (Lipinski definition) is 3. The molecular formula is C17H29NO5. The predicted octanol–water partition coefficient (Wildman–Crippen LogP) is 3.05. The van der Waals surface area contributed by atoms with Crippen LogP contribution in [0.3, 0.4) is 0 Å². The van der Waals surface area contributed by atoms with Crippen LogP contribution in [-0.2, 0) is 14.4 Å². The number of hydrogen-bond donors (Lipinski definition) is 2. The number of carbonyl (C=O) groups excluding carboxylic acids is 1. The van der Waals surface area contributed by atoms with Crippen LogP contribution in [0.1, 0.15) is 77.6 Å². The van der Waals surface area contributed by atoms with Crippen LogP contribution in [0.25, 0.3) is 0 Å². The van der Waals surface area contributed by atoms with Crippen LogP contribution >= 0.6 is 0 Å². The topological polar surface area (TPSA) is 94.9 Å². The minimum atomic E-state index is -1.11. The molecule has 0 aromatic rings. The molecule has 0 radical (unpaired) electrons. The summed E-state index contributed by atoms with van der Waals surface area (Å²) in [7, 11) is 0. The van der Waals surface area contributed by atoms with E-state index in [9.17, 15) is 19.5 Å². The number of carboxylic acids is 2. The summed E-state index contributed by atoms with van der Waals surface area (Å²) in [6, 6.07) is -2.00. The van der Waals surface area contributed by atoms with Crippen molar-refractivity contribution >= 4 is 17.8 Å². The van der Waals surface area contributed by atoms with Gasteiger partial charge in [-0.15, -0.1) is 0 Å². The van der Waals surface area contributed by atoms with Crippen molar-refractivity contribution in [1.82, 2.24) is 4.90 Å². The fraction of sp³-hybridized carbons (Fsp3) is 0.824. The van der Waals surface area contributed by atoms with Crippen molar-refractivity contribution in [3.8, 4) is 0 Å². The molecule has 6 heteroatoms. The van der Waals surface area contributed by atoms with Gasteiger partial charge >= 0.3 is 11.9 Å². The monoisotopic (exact) mass is 327 g/mol. The molecule has 0 bridgehead atoms. The summed E-state index contributed by atoms with van der Waals surface area (Å²) in [5, 5.41) is 18.5. The zero-order valence-corrected chi connectivity index (χ0v) is 14.0. The van der Waals surface area contributed by atoms with Crippen LogP contribution in [0.2, 0.25) is 0 Å². The fourth-order valence-corrected chi connectivity index (χ4v) is 3.19. The highest BCUT2D eigenvalue weighted by Crippen LogP contribution is 2.25. The van der Waals surface area contributed by atoms with Gasteiger partial charge in [-0.05, 0) is 12.8 Å². The van der Waals surface area contributed by atoms with E-state index in [1.807, 2.05) is 0 Å². The zero-order valence-electron chi connectivity index (χ0n) is 14.0. The van der Waals surface area contributed by atoms with Gasteiger partial charge in [0.05, 0.1) is 0 Å². The molecule has 1 fully saturated rings. The van der Waals surface area contributed by atoms with Crippen LogP contribution in [0.5, 0.6) is 0 Å². The van der Waals surface area contributed by atoms with E-state index in [4.69, 9.17) is 5.11 Å². The minimum Gasteiger partial charge on any atom is -0.480 e. The Hall–Kier alpha value is -1.59. The summed E-state index contributed by atoms with van der Waals surface area (Å²) in [6.07, 6.45) is 9.44. The first-order valence-electron chi connectivity index (χ1n) is 8.75. The number of unbranched alkanes of at least 4 members (excludes halogenated alkanes) is 7. The summed E-state index contributed by atoms with van der Waals surface area (Å²) in [6.45, 7) is 2.18. The highest BCUT2D eigenvalue weighted by atomic mass is 16.4. The molecule has 0 saturated carbocycles. The number of carbonyl (C=O) groups is 3. The first kappa shape index (κ1) is 19.5. The molecule has 1 aliphatic rings. The molecule has 0 aromatic heterocycles. The van der Waals surface area contributed by atoms with E-state index in [0.29, 0.717) is 12.8 Å². The van der Waals surface area contributed by atoms with Gasteiger partial charge in [0.25, 0.3) is 0 Å². The van der Waals surface area contributed by atoms with Gasteiger partial charge in [-0.1, -0.05) is 58.3 Å². The van der Waals surface area contributed by atoms with E-state index in [1.54, 1.807) is 0 Å². The van der Waals surface area contributed by atoms with Gasteiger partial charge in [0.1, 0.15) is 12.1 Å². The molecule has 1 heterocycles. The second kappa shape index (κ2) is 10.2. The Balaban J connectivity index is 2.39. The third-order valence-corrected chi connectivity index (χ3v) is 4.49. The van der Waals surface area contributed by atoms with Crippen molar-refractivity contribution in [2.45, 2.75) is 89.6 Å². The van der Waals surface area contributed by atoms with Crippen molar-refractivity contribution in [2.24, 2.45) is 0 Å². The molecule has 1 aliphatic heterocycles. The molecule has 132 valence electrons. The Morgan fingerprint density at radius 2 is 1.65 bits per heavy atom. The number of carboxylic acid groups (broad SMARTS) is 2. The van der Waals surface area contributed by atoms with Gasteiger partial charge in [-0.25, -0.2) is 9.59 Å². The highest BCUT2D eigenvalue weighted by Gasteiger charge is 2.42. The molecular weight excluding hydrogens is 298 g/mol. The van der Waals surface area contributed by atoms with Crippen LogP contribution in [0.15, 0.2) is 0 Å². The van der Waals surface area contributed by atoms with Gasteiger partial charge in [0, 0.05) is 6.42 Å². The van der Waals surface area contributed by atoms with Crippen molar-refractivity contribution < 1.29 is 24.6 Å². The lowest BCUT2D eigenvalue weighted by Crippen LogP contribution is -2.49. The lowest BCUT2D eigenvalue weighted by Gasteiger charge is -2.28. The second-order valence-electron chi connectivity index (χ2n) is 6.31. The third kappa shape index (κ3) is 6.20. The zero-order chi connectivity index (χ0) is 17.2. The molecule has 0 aliphatic carbocycles. The van der Waals surface area contributed by atoms with Gasteiger partial charge in [-0.2, -0.15) is 0 Å². The van der Waals surface area contributed by atoms with E-state index >= 15 is 0 Å². The Morgan fingerprint density at radius 1 is 1.09 bits per heavy atom. The van der Waals surface area contributed by atoms with Gasteiger partial charge in [0.2, 0.25) is 5.91 Å². The van der Waals surface area contributed by atoms with Gasteiger partial charge < -0.3 is 15.1 Å². The Labute approximate surface area is 137 Å². The number of likely N-dealkylation sites (tertiary alicyclic amines) is 1. The first-order chi connectivity index (χ1) is 11.0. The largest absolute Gasteiger partial charge is 0.480 e. The van der Waals surface area contributed by atoms with Crippen LogP contribution in [0, 0.1) is 0 Å². The SMILES string of the molecule is CCCCCCCCCCC(C(=O)O)N1C(=O)CCC1C(=O)O. The fourth-order valence-electron chi connectivity index (χ4n) is 3.19. The normalized spacial score (nSPS) is 19.1.